The van der Waals surface area contributed by atoms with Crippen LogP contribution in [0.1, 0.15) is 42.5 Å². The Labute approximate surface area is 180 Å². The van der Waals surface area contributed by atoms with Crippen LogP contribution in [0.4, 0.5) is 11.5 Å². The summed E-state index contributed by atoms with van der Waals surface area (Å²) in [7, 11) is -2.59. The number of carbonyl (C=O) groups is 1. The second kappa shape index (κ2) is 9.53. The highest BCUT2D eigenvalue weighted by molar-refractivity contribution is 7.92. The van der Waals surface area contributed by atoms with E-state index in [1.807, 2.05) is 4.90 Å². The van der Waals surface area contributed by atoms with E-state index in [9.17, 15) is 18.3 Å². The van der Waals surface area contributed by atoms with Crippen LogP contribution in [0.3, 0.4) is 0 Å². The normalized spacial score (nSPS) is 15.2. The molecule has 1 aromatic carbocycles. The van der Waals surface area contributed by atoms with Gasteiger partial charge in [-0.25, -0.2) is 18.2 Å². The summed E-state index contributed by atoms with van der Waals surface area (Å²) in [5.41, 5.74) is 0.0265. The van der Waals surface area contributed by atoms with Crippen molar-refractivity contribution in [3.8, 4) is 5.75 Å². The predicted molar refractivity (Wildman–Crippen MR) is 115 cm³/mol. The Kier molecular flexibility index (Phi) is 7.04. The molecule has 0 atom stereocenters. The van der Waals surface area contributed by atoms with Crippen molar-refractivity contribution >= 4 is 39.1 Å². The van der Waals surface area contributed by atoms with Gasteiger partial charge in [-0.05, 0) is 37.1 Å². The predicted octanol–water partition coefficient (Wildman–Crippen LogP) is 4.01. The monoisotopic (exact) mass is 453 g/mol. The van der Waals surface area contributed by atoms with Crippen LogP contribution in [0.15, 0.2) is 35.4 Å². The topological polar surface area (TPSA) is 109 Å². The number of nitrogens with zero attached hydrogens (tertiary/aromatic N) is 2. The van der Waals surface area contributed by atoms with E-state index in [1.165, 1.54) is 44.0 Å². The van der Waals surface area contributed by atoms with E-state index in [1.54, 1.807) is 0 Å². The molecule has 1 saturated heterocycles. The van der Waals surface area contributed by atoms with Crippen LogP contribution >= 0.6 is 11.6 Å². The number of carboxylic acids is 1. The molecule has 3 rings (SSSR count). The molecule has 0 aliphatic carbocycles. The van der Waals surface area contributed by atoms with Crippen molar-refractivity contribution in [2.45, 2.75) is 37.0 Å². The van der Waals surface area contributed by atoms with Gasteiger partial charge in [0, 0.05) is 19.3 Å². The van der Waals surface area contributed by atoms with Crippen molar-refractivity contribution < 1.29 is 23.1 Å². The summed E-state index contributed by atoms with van der Waals surface area (Å²) in [4.78, 5) is 17.7. The number of hydrogen-bond acceptors (Lipinski definition) is 6. The highest BCUT2D eigenvalue weighted by Crippen LogP contribution is 2.31. The van der Waals surface area contributed by atoms with E-state index < -0.39 is 16.0 Å². The second-order valence-corrected chi connectivity index (χ2v) is 9.15. The lowest BCUT2D eigenvalue weighted by atomic mass is 10.1. The lowest BCUT2D eigenvalue weighted by molar-refractivity contribution is 0.0696. The lowest BCUT2D eigenvalue weighted by Gasteiger charge is -2.28. The minimum atomic E-state index is -4.03. The molecule has 2 N–H and O–H groups in total. The zero-order valence-electron chi connectivity index (χ0n) is 16.6. The van der Waals surface area contributed by atoms with Crippen LogP contribution in [-0.2, 0) is 10.0 Å². The van der Waals surface area contributed by atoms with E-state index in [-0.39, 0.29) is 21.2 Å². The fourth-order valence-corrected chi connectivity index (χ4v) is 4.78. The number of nitrogens with one attached hydrogen (secondary N) is 1. The number of hydrogen-bond donors (Lipinski definition) is 2. The average molecular weight is 454 g/mol. The van der Waals surface area contributed by atoms with Crippen molar-refractivity contribution in [2.24, 2.45) is 0 Å². The smallest absolute Gasteiger partial charge is 0.337 e. The Morgan fingerprint density at radius 1 is 1.17 bits per heavy atom. The second-order valence-electron chi connectivity index (χ2n) is 7.06. The van der Waals surface area contributed by atoms with Gasteiger partial charge < -0.3 is 14.7 Å². The molecule has 0 saturated carbocycles. The van der Waals surface area contributed by atoms with Crippen LogP contribution in [0.5, 0.6) is 5.75 Å². The van der Waals surface area contributed by atoms with Crippen LogP contribution in [0.2, 0.25) is 5.02 Å². The highest BCUT2D eigenvalue weighted by atomic mass is 35.5. The average Bonchev–Trinajstić information content (AvgIpc) is 2.67. The molecule has 1 aromatic heterocycles. The van der Waals surface area contributed by atoms with Gasteiger partial charge in [-0.3, -0.25) is 4.72 Å². The van der Waals surface area contributed by atoms with Crippen LogP contribution in [-0.4, -0.2) is 44.7 Å². The Morgan fingerprint density at radius 3 is 2.43 bits per heavy atom. The Morgan fingerprint density at radius 2 is 1.83 bits per heavy atom. The summed E-state index contributed by atoms with van der Waals surface area (Å²) in [6.45, 7) is 1.45. The molecule has 1 aliphatic heterocycles. The summed E-state index contributed by atoms with van der Waals surface area (Å²) in [5.74, 6) is -0.411. The summed E-state index contributed by atoms with van der Waals surface area (Å²) in [6.07, 6.45) is 6.53. The summed E-state index contributed by atoms with van der Waals surface area (Å²) in [6, 6.07) is 5.42. The molecule has 0 spiro atoms. The molecular weight excluding hydrogens is 430 g/mol. The number of pyridine rings is 1. The minimum absolute atomic E-state index is 0.0624. The van der Waals surface area contributed by atoms with Gasteiger partial charge in [0.1, 0.15) is 5.75 Å². The van der Waals surface area contributed by atoms with Crippen LogP contribution in [0.25, 0.3) is 0 Å². The maximum absolute atomic E-state index is 13.0. The van der Waals surface area contributed by atoms with Gasteiger partial charge in [0.05, 0.1) is 28.3 Å². The standard InChI is InChI=1S/C20H24ClN3O5S/c1-29-18-8-7-15(12-16(18)21)30(27,28)23-17-11-14(20(25)26)13-22-19(17)24-9-5-3-2-4-6-10-24/h7-8,11-13,23H,2-6,9-10H2,1H3,(H,25,26). The molecule has 162 valence electrons. The van der Waals surface area contributed by atoms with E-state index in [0.29, 0.717) is 11.6 Å². The first-order chi connectivity index (χ1) is 14.3. The maximum atomic E-state index is 13.0. The van der Waals surface area contributed by atoms with Gasteiger partial charge in [0.15, 0.2) is 5.82 Å². The van der Waals surface area contributed by atoms with Gasteiger partial charge >= 0.3 is 5.97 Å². The van der Waals surface area contributed by atoms with Gasteiger partial charge in [-0.15, -0.1) is 0 Å². The fourth-order valence-electron chi connectivity index (χ4n) is 3.38. The number of rotatable bonds is 6. The molecule has 0 amide bonds. The lowest BCUT2D eigenvalue weighted by Crippen LogP contribution is -2.29. The van der Waals surface area contributed by atoms with Gasteiger partial charge in [0.2, 0.25) is 0 Å². The van der Waals surface area contributed by atoms with E-state index in [0.717, 1.165) is 38.8 Å². The molecule has 10 heteroatoms. The van der Waals surface area contributed by atoms with Crippen molar-refractivity contribution in [1.29, 1.82) is 0 Å². The summed E-state index contributed by atoms with van der Waals surface area (Å²) < 4.78 is 33.5. The van der Waals surface area contributed by atoms with E-state index in [4.69, 9.17) is 16.3 Å². The number of aromatic nitrogens is 1. The molecule has 2 aromatic rings. The number of anilines is 2. The Balaban J connectivity index is 1.98. The van der Waals surface area contributed by atoms with Crippen molar-refractivity contribution in [3.05, 3.63) is 41.0 Å². The van der Waals surface area contributed by atoms with Crippen molar-refractivity contribution in [1.82, 2.24) is 4.98 Å². The number of carboxylic acid groups (broad SMARTS) is 1. The third kappa shape index (κ3) is 5.14. The number of halogens is 1. The third-order valence-corrected chi connectivity index (χ3v) is 6.61. The number of benzene rings is 1. The van der Waals surface area contributed by atoms with Gasteiger partial charge in [0.25, 0.3) is 10.0 Å². The molecule has 0 bridgehead atoms. The first kappa shape index (κ1) is 22.2. The molecule has 1 aliphatic rings. The fraction of sp³-hybridized carbons (Fsp3) is 0.400. The minimum Gasteiger partial charge on any atom is -0.495 e. The van der Waals surface area contributed by atoms with Crippen molar-refractivity contribution in [3.63, 3.8) is 0 Å². The number of methoxy groups -OCH3 is 1. The van der Waals surface area contributed by atoms with E-state index >= 15 is 0 Å². The molecule has 0 unspecified atom stereocenters. The SMILES string of the molecule is COc1ccc(S(=O)(=O)Nc2cc(C(=O)O)cnc2N2CCCCCCC2)cc1Cl. The summed E-state index contributed by atoms with van der Waals surface area (Å²) >= 11 is 6.08. The molecular formula is C20H24ClN3O5S. The quantitative estimate of drug-likeness (QED) is 0.679. The first-order valence-corrected chi connectivity index (χ1v) is 11.5. The van der Waals surface area contributed by atoms with Crippen molar-refractivity contribution in [2.75, 3.05) is 29.8 Å². The molecule has 2 heterocycles. The highest BCUT2D eigenvalue weighted by Gasteiger charge is 2.22. The molecule has 0 radical (unpaired) electrons. The largest absolute Gasteiger partial charge is 0.495 e. The maximum Gasteiger partial charge on any atom is 0.337 e. The number of ether oxygens (including phenoxy) is 1. The molecule has 8 nitrogen and oxygen atoms in total. The zero-order chi connectivity index (χ0) is 21.7. The number of sulfonamides is 1. The van der Waals surface area contributed by atoms with E-state index in [2.05, 4.69) is 9.71 Å². The van der Waals surface area contributed by atoms with Crippen LogP contribution < -0.4 is 14.4 Å². The van der Waals surface area contributed by atoms with Gasteiger partial charge in [-0.2, -0.15) is 0 Å². The molecule has 30 heavy (non-hydrogen) atoms. The Hall–Kier alpha value is -2.52. The summed E-state index contributed by atoms with van der Waals surface area (Å²) in [5, 5.41) is 9.49. The molecule has 1 fully saturated rings. The first-order valence-electron chi connectivity index (χ1n) is 9.66. The third-order valence-electron chi connectivity index (χ3n) is 4.95. The van der Waals surface area contributed by atoms with Gasteiger partial charge in [-0.1, -0.05) is 30.9 Å². The zero-order valence-corrected chi connectivity index (χ0v) is 18.2. The van der Waals surface area contributed by atoms with Crippen LogP contribution in [0, 0.1) is 0 Å². The number of aromatic carboxylic acids is 1. The Bertz CT molecular complexity index is 1020.